The van der Waals surface area contributed by atoms with Crippen LogP contribution in [0.15, 0.2) is 53.4 Å². The molecule has 0 saturated heterocycles. The molecule has 1 aliphatic rings. The van der Waals surface area contributed by atoms with Gasteiger partial charge in [-0.1, -0.05) is 30.3 Å². The van der Waals surface area contributed by atoms with E-state index in [4.69, 9.17) is 9.47 Å². The van der Waals surface area contributed by atoms with Crippen LogP contribution in [0.3, 0.4) is 0 Å². The molecule has 0 heterocycles. The summed E-state index contributed by atoms with van der Waals surface area (Å²) in [6.45, 7) is 1.64. The van der Waals surface area contributed by atoms with E-state index in [0.717, 1.165) is 32.1 Å². The van der Waals surface area contributed by atoms with Crippen LogP contribution in [0, 0.1) is 11.8 Å². The van der Waals surface area contributed by atoms with Gasteiger partial charge >= 0.3 is 6.03 Å². The molecule has 1 saturated carbocycles. The lowest BCUT2D eigenvalue weighted by Gasteiger charge is -2.28. The maximum atomic E-state index is 12.7. The van der Waals surface area contributed by atoms with Crippen molar-refractivity contribution < 1.29 is 22.7 Å². The van der Waals surface area contributed by atoms with Crippen molar-refractivity contribution >= 4 is 16.1 Å². The van der Waals surface area contributed by atoms with E-state index >= 15 is 0 Å². The molecular formula is C25H35N3O5S. The van der Waals surface area contributed by atoms with Gasteiger partial charge in [0.05, 0.1) is 19.1 Å². The predicted octanol–water partition coefficient (Wildman–Crippen LogP) is 3.33. The number of rotatable bonds is 11. The molecule has 0 spiro atoms. The van der Waals surface area contributed by atoms with Crippen molar-refractivity contribution in [3.63, 3.8) is 0 Å². The van der Waals surface area contributed by atoms with Crippen LogP contribution in [-0.2, 0) is 16.4 Å². The number of methoxy groups -OCH3 is 2. The summed E-state index contributed by atoms with van der Waals surface area (Å²) >= 11 is 0. The number of amides is 2. The van der Waals surface area contributed by atoms with Crippen molar-refractivity contribution in [2.45, 2.75) is 37.0 Å². The molecule has 186 valence electrons. The number of hydrogen-bond acceptors (Lipinski definition) is 5. The topological polar surface area (TPSA) is 106 Å². The van der Waals surface area contributed by atoms with Crippen LogP contribution in [0.25, 0.3) is 0 Å². The van der Waals surface area contributed by atoms with Crippen LogP contribution in [-0.4, -0.2) is 48.3 Å². The highest BCUT2D eigenvalue weighted by atomic mass is 32.2. The van der Waals surface area contributed by atoms with Gasteiger partial charge in [0.2, 0.25) is 10.0 Å². The van der Waals surface area contributed by atoms with Crippen molar-refractivity contribution in [3.8, 4) is 11.5 Å². The van der Waals surface area contributed by atoms with Gasteiger partial charge in [0.1, 0.15) is 0 Å². The third kappa shape index (κ3) is 7.63. The summed E-state index contributed by atoms with van der Waals surface area (Å²) in [6, 6.07) is 14.5. The highest BCUT2D eigenvalue weighted by Gasteiger charge is 2.24. The van der Waals surface area contributed by atoms with Crippen molar-refractivity contribution in [2.24, 2.45) is 11.8 Å². The van der Waals surface area contributed by atoms with E-state index in [2.05, 4.69) is 15.4 Å². The van der Waals surface area contributed by atoms with Gasteiger partial charge in [-0.25, -0.2) is 17.9 Å². The summed E-state index contributed by atoms with van der Waals surface area (Å²) in [7, 11) is -0.648. The molecule has 0 radical (unpaired) electrons. The molecule has 0 aromatic heterocycles. The van der Waals surface area contributed by atoms with Gasteiger partial charge in [0.15, 0.2) is 11.5 Å². The van der Waals surface area contributed by atoms with E-state index in [-0.39, 0.29) is 16.8 Å². The number of carbonyl (C=O) groups is 1. The number of sulfonamides is 1. The highest BCUT2D eigenvalue weighted by molar-refractivity contribution is 7.89. The van der Waals surface area contributed by atoms with E-state index in [9.17, 15) is 13.2 Å². The molecule has 1 fully saturated rings. The lowest BCUT2D eigenvalue weighted by Crippen LogP contribution is -2.40. The first-order valence-electron chi connectivity index (χ1n) is 11.7. The molecule has 0 bridgehead atoms. The maximum Gasteiger partial charge on any atom is 0.314 e. The summed E-state index contributed by atoms with van der Waals surface area (Å²) < 4.78 is 38.5. The van der Waals surface area contributed by atoms with Crippen molar-refractivity contribution in [3.05, 3.63) is 54.1 Å². The zero-order chi connectivity index (χ0) is 24.4. The summed E-state index contributed by atoms with van der Waals surface area (Å²) in [5, 5.41) is 5.87. The first-order chi connectivity index (χ1) is 16.4. The largest absolute Gasteiger partial charge is 0.493 e. The third-order valence-electron chi connectivity index (χ3n) is 6.29. The van der Waals surface area contributed by atoms with Gasteiger partial charge < -0.3 is 20.1 Å². The van der Waals surface area contributed by atoms with Gasteiger partial charge in [-0.3, -0.25) is 0 Å². The summed E-state index contributed by atoms with van der Waals surface area (Å²) in [5.41, 5.74) is 1.20. The molecule has 1 aliphatic carbocycles. The molecule has 0 aliphatic heterocycles. The SMILES string of the molecule is COc1ccc(S(=O)(=O)NCC2CCC(CNC(=O)NCCc3ccccc3)CC2)cc1OC. The normalized spacial score (nSPS) is 18.2. The molecule has 8 nitrogen and oxygen atoms in total. The van der Waals surface area contributed by atoms with Gasteiger partial charge in [0.25, 0.3) is 0 Å². The van der Waals surface area contributed by atoms with Gasteiger partial charge in [-0.15, -0.1) is 0 Å². The van der Waals surface area contributed by atoms with E-state index < -0.39 is 10.0 Å². The molecule has 2 amide bonds. The highest BCUT2D eigenvalue weighted by Crippen LogP contribution is 2.30. The number of hydrogen-bond donors (Lipinski definition) is 3. The lowest BCUT2D eigenvalue weighted by molar-refractivity contribution is 0.231. The first-order valence-corrected chi connectivity index (χ1v) is 13.2. The van der Waals surface area contributed by atoms with Crippen molar-refractivity contribution in [2.75, 3.05) is 33.9 Å². The molecule has 34 heavy (non-hydrogen) atoms. The van der Waals surface area contributed by atoms with E-state index in [1.807, 2.05) is 30.3 Å². The Balaban J connectivity index is 1.35. The Morgan fingerprint density at radius 1 is 0.882 bits per heavy atom. The minimum absolute atomic E-state index is 0.138. The Hall–Kier alpha value is -2.78. The van der Waals surface area contributed by atoms with Crippen LogP contribution in [0.4, 0.5) is 4.79 Å². The Bertz CT molecular complexity index is 1020. The van der Waals surface area contributed by atoms with E-state index in [1.54, 1.807) is 6.07 Å². The second-order valence-electron chi connectivity index (χ2n) is 8.63. The zero-order valence-electron chi connectivity index (χ0n) is 19.9. The Morgan fingerprint density at radius 2 is 1.53 bits per heavy atom. The average molecular weight is 490 g/mol. The monoisotopic (exact) mass is 489 g/mol. The molecule has 9 heteroatoms. The lowest BCUT2D eigenvalue weighted by atomic mass is 9.82. The minimum atomic E-state index is -3.63. The van der Waals surface area contributed by atoms with Crippen LogP contribution in [0.2, 0.25) is 0 Å². The maximum absolute atomic E-state index is 12.7. The second kappa shape index (κ2) is 12.6. The van der Waals surface area contributed by atoms with Gasteiger partial charge in [-0.2, -0.15) is 0 Å². The minimum Gasteiger partial charge on any atom is -0.493 e. The van der Waals surface area contributed by atoms with Crippen LogP contribution < -0.4 is 24.8 Å². The van der Waals surface area contributed by atoms with E-state index in [1.165, 1.54) is 31.9 Å². The second-order valence-corrected chi connectivity index (χ2v) is 10.4. The Kier molecular flexibility index (Phi) is 9.59. The van der Waals surface area contributed by atoms with Crippen LogP contribution >= 0.6 is 0 Å². The smallest absolute Gasteiger partial charge is 0.314 e. The average Bonchev–Trinajstić information content (AvgIpc) is 2.87. The molecule has 3 rings (SSSR count). The fraction of sp³-hybridized carbons (Fsp3) is 0.480. The van der Waals surface area contributed by atoms with Gasteiger partial charge in [-0.05, 0) is 61.6 Å². The number of urea groups is 1. The molecule has 0 atom stereocenters. The molecule has 2 aromatic rings. The summed E-state index contributed by atoms with van der Waals surface area (Å²) in [5.74, 6) is 1.56. The zero-order valence-corrected chi connectivity index (χ0v) is 20.7. The van der Waals surface area contributed by atoms with Crippen molar-refractivity contribution in [1.29, 1.82) is 0 Å². The third-order valence-corrected chi connectivity index (χ3v) is 7.71. The number of benzene rings is 2. The Labute approximate surface area is 202 Å². The Morgan fingerprint density at radius 3 is 2.18 bits per heavy atom. The van der Waals surface area contributed by atoms with Crippen molar-refractivity contribution in [1.82, 2.24) is 15.4 Å². The molecule has 2 aromatic carbocycles. The fourth-order valence-corrected chi connectivity index (χ4v) is 5.33. The quantitative estimate of drug-likeness (QED) is 0.449. The molecular weight excluding hydrogens is 454 g/mol. The fourth-order valence-electron chi connectivity index (χ4n) is 4.20. The summed E-state index contributed by atoms with van der Waals surface area (Å²) in [4.78, 5) is 12.2. The number of nitrogens with one attached hydrogen (secondary N) is 3. The summed E-state index contributed by atoms with van der Waals surface area (Å²) in [6.07, 6.45) is 4.59. The van der Waals surface area contributed by atoms with Crippen LogP contribution in [0.1, 0.15) is 31.2 Å². The number of carbonyl (C=O) groups excluding carboxylic acids is 1. The predicted molar refractivity (Wildman–Crippen MR) is 132 cm³/mol. The molecule has 3 N–H and O–H groups in total. The molecule has 0 unspecified atom stereocenters. The van der Waals surface area contributed by atoms with Crippen LogP contribution in [0.5, 0.6) is 11.5 Å². The first kappa shape index (κ1) is 25.8. The van der Waals surface area contributed by atoms with E-state index in [0.29, 0.717) is 37.1 Å². The number of ether oxygens (including phenoxy) is 2. The standard InChI is InChI=1S/C25H35N3O5S/c1-32-23-13-12-22(16-24(23)33-2)34(30,31)28-18-21-10-8-20(9-11-21)17-27-25(29)26-15-14-19-6-4-3-5-7-19/h3-7,12-13,16,20-21,28H,8-11,14-15,17-18H2,1-2H3,(H2,26,27,29). The van der Waals surface area contributed by atoms with Gasteiger partial charge in [0, 0.05) is 25.7 Å².